The lowest BCUT2D eigenvalue weighted by Gasteiger charge is -2.19. The molecule has 13 heavy (non-hydrogen) atoms. The van der Waals surface area contributed by atoms with Crippen molar-refractivity contribution in [3.8, 4) is 5.75 Å². The molecule has 4 nitrogen and oxygen atoms in total. The fraction of sp³-hybridized carbons (Fsp3) is 0.250. The van der Waals surface area contributed by atoms with Crippen LogP contribution in [0.3, 0.4) is 0 Å². The molecule has 1 aliphatic rings. The van der Waals surface area contributed by atoms with E-state index in [9.17, 15) is 0 Å². The van der Waals surface area contributed by atoms with Gasteiger partial charge in [0, 0.05) is 5.56 Å². The highest BCUT2D eigenvalue weighted by molar-refractivity contribution is 6.59. The van der Waals surface area contributed by atoms with E-state index in [4.69, 9.17) is 19.5 Å². The maximum absolute atomic E-state index is 9.02. The summed E-state index contributed by atoms with van der Waals surface area (Å²) in [5.74, 6) is 0.664. The molecular formula is C8H9BO4. The Bertz CT molecular complexity index is 313. The fourth-order valence-corrected chi connectivity index (χ4v) is 1.36. The summed E-state index contributed by atoms with van der Waals surface area (Å²) in [5, 5.41) is 18.0. The van der Waals surface area contributed by atoms with E-state index in [-0.39, 0.29) is 6.79 Å². The second-order valence-electron chi connectivity index (χ2n) is 2.81. The van der Waals surface area contributed by atoms with E-state index in [0.717, 1.165) is 0 Å². The van der Waals surface area contributed by atoms with Gasteiger partial charge in [-0.3, -0.25) is 0 Å². The number of benzene rings is 1. The summed E-state index contributed by atoms with van der Waals surface area (Å²) in [7, 11) is -1.47. The Hall–Kier alpha value is -1.04. The zero-order valence-electron chi connectivity index (χ0n) is 6.93. The first-order chi connectivity index (χ1) is 6.29. The predicted octanol–water partition coefficient (Wildman–Crippen LogP) is -0.767. The Morgan fingerprint density at radius 1 is 1.31 bits per heavy atom. The van der Waals surface area contributed by atoms with Crippen LogP contribution >= 0.6 is 0 Å². The molecule has 2 N–H and O–H groups in total. The molecule has 0 atom stereocenters. The van der Waals surface area contributed by atoms with Crippen molar-refractivity contribution in [1.29, 1.82) is 0 Å². The van der Waals surface area contributed by atoms with Gasteiger partial charge in [-0.25, -0.2) is 0 Å². The van der Waals surface area contributed by atoms with Gasteiger partial charge >= 0.3 is 7.12 Å². The summed E-state index contributed by atoms with van der Waals surface area (Å²) in [5.41, 5.74) is 1.15. The Balaban J connectivity index is 2.46. The molecule has 0 bridgehead atoms. The van der Waals surface area contributed by atoms with Gasteiger partial charge in [-0.05, 0) is 11.5 Å². The van der Waals surface area contributed by atoms with Crippen LogP contribution in [0, 0.1) is 0 Å². The average Bonchev–Trinajstić information content (AvgIpc) is 2.17. The predicted molar refractivity (Wildman–Crippen MR) is 46.6 cm³/mol. The summed E-state index contributed by atoms with van der Waals surface area (Å²) >= 11 is 0. The topological polar surface area (TPSA) is 58.9 Å². The molecule has 1 aliphatic heterocycles. The van der Waals surface area contributed by atoms with Crippen molar-refractivity contribution in [3.05, 3.63) is 23.8 Å². The van der Waals surface area contributed by atoms with Crippen LogP contribution < -0.4 is 10.2 Å². The van der Waals surface area contributed by atoms with E-state index >= 15 is 0 Å². The van der Waals surface area contributed by atoms with Gasteiger partial charge < -0.3 is 19.5 Å². The van der Waals surface area contributed by atoms with Gasteiger partial charge in [-0.1, -0.05) is 12.1 Å². The van der Waals surface area contributed by atoms with Crippen molar-refractivity contribution in [3.63, 3.8) is 0 Å². The minimum Gasteiger partial charge on any atom is -0.467 e. The molecule has 68 valence electrons. The normalized spacial score (nSPS) is 14.6. The van der Waals surface area contributed by atoms with Crippen LogP contribution in [0.25, 0.3) is 0 Å². The van der Waals surface area contributed by atoms with Gasteiger partial charge in [-0.15, -0.1) is 0 Å². The standard InChI is InChI=1S/C8H9BO4/c10-9(11)7-2-1-3-8-6(7)4-12-5-13-8/h1-3,10-11H,4-5H2. The molecule has 0 spiro atoms. The van der Waals surface area contributed by atoms with E-state index in [2.05, 4.69) is 0 Å². The number of fused-ring (bicyclic) bond motifs is 1. The van der Waals surface area contributed by atoms with Crippen molar-refractivity contribution in [2.75, 3.05) is 6.79 Å². The van der Waals surface area contributed by atoms with Crippen molar-refractivity contribution in [1.82, 2.24) is 0 Å². The lowest BCUT2D eigenvalue weighted by atomic mass is 9.77. The Morgan fingerprint density at radius 3 is 2.92 bits per heavy atom. The van der Waals surface area contributed by atoms with Crippen LogP contribution in [0.1, 0.15) is 5.56 Å². The molecular weight excluding hydrogens is 171 g/mol. The number of ether oxygens (including phenoxy) is 2. The first kappa shape index (κ1) is 8.56. The Labute approximate surface area is 75.9 Å². The average molecular weight is 180 g/mol. The van der Waals surface area contributed by atoms with Crippen LogP contribution in [-0.4, -0.2) is 24.0 Å². The number of hydrogen-bond acceptors (Lipinski definition) is 4. The lowest BCUT2D eigenvalue weighted by molar-refractivity contribution is -0.0159. The minimum absolute atomic E-state index is 0.220. The van der Waals surface area contributed by atoms with Gasteiger partial charge in [-0.2, -0.15) is 0 Å². The monoisotopic (exact) mass is 180 g/mol. The van der Waals surface area contributed by atoms with Crippen molar-refractivity contribution in [2.24, 2.45) is 0 Å². The minimum atomic E-state index is -1.47. The van der Waals surface area contributed by atoms with E-state index < -0.39 is 7.12 Å². The van der Waals surface area contributed by atoms with Gasteiger partial charge in [0.05, 0.1) is 6.61 Å². The second kappa shape index (κ2) is 3.37. The molecule has 1 aromatic rings. The molecule has 0 fully saturated rings. The third-order valence-corrected chi connectivity index (χ3v) is 1.99. The highest BCUT2D eigenvalue weighted by Gasteiger charge is 2.21. The molecule has 0 aromatic heterocycles. The maximum Gasteiger partial charge on any atom is 0.488 e. The van der Waals surface area contributed by atoms with E-state index in [0.29, 0.717) is 23.4 Å². The summed E-state index contributed by atoms with van der Waals surface area (Å²) in [6, 6.07) is 5.14. The molecule has 0 unspecified atom stereocenters. The van der Waals surface area contributed by atoms with Crippen molar-refractivity contribution >= 4 is 12.6 Å². The highest BCUT2D eigenvalue weighted by atomic mass is 16.7. The summed E-state index contributed by atoms with van der Waals surface area (Å²) in [6.07, 6.45) is 0. The van der Waals surface area contributed by atoms with Gasteiger partial charge in [0.2, 0.25) is 0 Å². The fourth-order valence-electron chi connectivity index (χ4n) is 1.36. The third-order valence-electron chi connectivity index (χ3n) is 1.99. The molecule has 0 saturated heterocycles. The maximum atomic E-state index is 9.02. The SMILES string of the molecule is OB(O)c1cccc2c1COCO2. The molecule has 0 radical (unpaired) electrons. The van der Waals surface area contributed by atoms with Crippen molar-refractivity contribution < 1.29 is 19.5 Å². The molecule has 1 aromatic carbocycles. The van der Waals surface area contributed by atoms with Crippen LogP contribution in [0.15, 0.2) is 18.2 Å². The van der Waals surface area contributed by atoms with Crippen LogP contribution in [0.2, 0.25) is 0 Å². The molecule has 0 saturated carbocycles. The summed E-state index contributed by atoms with van der Waals surface area (Å²) in [4.78, 5) is 0. The smallest absolute Gasteiger partial charge is 0.467 e. The van der Waals surface area contributed by atoms with Gasteiger partial charge in [0.1, 0.15) is 5.75 Å². The largest absolute Gasteiger partial charge is 0.488 e. The first-order valence-electron chi connectivity index (χ1n) is 3.97. The van der Waals surface area contributed by atoms with Crippen LogP contribution in [0.4, 0.5) is 0 Å². The summed E-state index contributed by atoms with van der Waals surface area (Å²) in [6.45, 7) is 0.584. The summed E-state index contributed by atoms with van der Waals surface area (Å²) < 4.78 is 10.2. The van der Waals surface area contributed by atoms with E-state index in [1.54, 1.807) is 18.2 Å². The van der Waals surface area contributed by atoms with E-state index in [1.807, 2.05) is 0 Å². The molecule has 5 heteroatoms. The molecule has 0 aliphatic carbocycles. The highest BCUT2D eigenvalue weighted by Crippen LogP contribution is 2.20. The van der Waals surface area contributed by atoms with E-state index in [1.165, 1.54) is 0 Å². The first-order valence-corrected chi connectivity index (χ1v) is 3.97. The molecule has 0 amide bonds. The third kappa shape index (κ3) is 1.53. The zero-order chi connectivity index (χ0) is 9.26. The molecule has 2 rings (SSSR count). The van der Waals surface area contributed by atoms with Crippen LogP contribution in [-0.2, 0) is 11.3 Å². The zero-order valence-corrected chi connectivity index (χ0v) is 6.93. The number of rotatable bonds is 1. The quantitative estimate of drug-likeness (QED) is 0.557. The van der Waals surface area contributed by atoms with Crippen LogP contribution in [0.5, 0.6) is 5.75 Å². The van der Waals surface area contributed by atoms with Crippen molar-refractivity contribution in [2.45, 2.75) is 6.61 Å². The second-order valence-corrected chi connectivity index (χ2v) is 2.81. The number of hydrogen-bond donors (Lipinski definition) is 2. The van der Waals surface area contributed by atoms with Gasteiger partial charge in [0.15, 0.2) is 6.79 Å². The Kier molecular flexibility index (Phi) is 2.22. The molecule has 1 heterocycles. The van der Waals surface area contributed by atoms with Gasteiger partial charge in [0.25, 0.3) is 0 Å². The lowest BCUT2D eigenvalue weighted by Crippen LogP contribution is -2.35. The Morgan fingerprint density at radius 2 is 2.15 bits per heavy atom.